The van der Waals surface area contributed by atoms with Crippen LogP contribution in [-0.4, -0.2) is 17.6 Å². The van der Waals surface area contributed by atoms with E-state index in [1.54, 1.807) is 13.0 Å². The normalized spacial score (nSPS) is 9.93. The van der Waals surface area contributed by atoms with Crippen molar-refractivity contribution >= 4 is 21.9 Å². The van der Waals surface area contributed by atoms with Crippen LogP contribution in [0.15, 0.2) is 16.6 Å². The number of rotatable bonds is 3. The van der Waals surface area contributed by atoms with Crippen LogP contribution in [0.1, 0.15) is 30.0 Å². The number of hydrogen-bond donors (Lipinski definition) is 0. The number of aromatic nitrogens is 1. The maximum absolute atomic E-state index is 11.4. The lowest BCUT2D eigenvalue weighted by Crippen LogP contribution is -2.08. The first kappa shape index (κ1) is 11.2. The third-order valence-electron chi connectivity index (χ3n) is 1.69. The van der Waals surface area contributed by atoms with Crippen molar-refractivity contribution in [2.24, 2.45) is 0 Å². The zero-order valence-electron chi connectivity index (χ0n) is 8.21. The third kappa shape index (κ3) is 2.80. The lowest BCUT2D eigenvalue weighted by atomic mass is 10.2. The van der Waals surface area contributed by atoms with Gasteiger partial charge in [0, 0.05) is 10.2 Å². The Morgan fingerprint density at radius 3 is 2.79 bits per heavy atom. The summed E-state index contributed by atoms with van der Waals surface area (Å²) in [5.41, 5.74) is 1.24. The molecule has 0 radical (unpaired) electrons. The van der Waals surface area contributed by atoms with Crippen LogP contribution in [-0.2, 0) is 11.2 Å². The van der Waals surface area contributed by atoms with Crippen LogP contribution in [0.4, 0.5) is 0 Å². The zero-order valence-corrected chi connectivity index (χ0v) is 9.80. The first-order chi connectivity index (χ1) is 6.67. The van der Waals surface area contributed by atoms with Gasteiger partial charge in [0.15, 0.2) is 0 Å². The molecule has 0 saturated heterocycles. The van der Waals surface area contributed by atoms with Crippen LogP contribution in [0.3, 0.4) is 0 Å². The molecule has 1 aromatic heterocycles. The summed E-state index contributed by atoms with van der Waals surface area (Å²) >= 11 is 3.33. The second-order valence-electron chi connectivity index (χ2n) is 2.74. The summed E-state index contributed by atoms with van der Waals surface area (Å²) in [5.74, 6) is -0.372. The van der Waals surface area contributed by atoms with E-state index in [4.69, 9.17) is 4.74 Å². The van der Waals surface area contributed by atoms with Crippen molar-refractivity contribution in [3.8, 4) is 0 Å². The molecule has 0 amide bonds. The fraction of sp³-hybridized carbons (Fsp3) is 0.400. The highest BCUT2D eigenvalue weighted by molar-refractivity contribution is 9.10. The van der Waals surface area contributed by atoms with Crippen molar-refractivity contribution < 1.29 is 9.53 Å². The number of hydrogen-bond acceptors (Lipinski definition) is 3. The number of esters is 1. The summed E-state index contributed by atoms with van der Waals surface area (Å²) in [5, 5.41) is 0. The van der Waals surface area contributed by atoms with E-state index in [-0.39, 0.29) is 5.97 Å². The van der Waals surface area contributed by atoms with Gasteiger partial charge in [0.1, 0.15) is 5.69 Å². The molecule has 14 heavy (non-hydrogen) atoms. The van der Waals surface area contributed by atoms with E-state index in [1.807, 2.05) is 13.0 Å². The summed E-state index contributed by atoms with van der Waals surface area (Å²) in [6.45, 7) is 4.13. The number of nitrogens with zero attached hydrogens (tertiary/aromatic N) is 1. The minimum absolute atomic E-state index is 0.359. The fourth-order valence-electron chi connectivity index (χ4n) is 1.04. The Morgan fingerprint density at radius 1 is 1.50 bits per heavy atom. The molecule has 0 unspecified atom stereocenters. The maximum atomic E-state index is 11.4. The number of carbonyl (C=O) groups excluding carboxylic acids is 1. The largest absolute Gasteiger partial charge is 0.461 e. The molecule has 0 fully saturated rings. The average molecular weight is 258 g/mol. The molecule has 0 spiro atoms. The van der Waals surface area contributed by atoms with E-state index >= 15 is 0 Å². The van der Waals surface area contributed by atoms with Crippen LogP contribution in [0, 0.1) is 0 Å². The van der Waals surface area contributed by atoms with E-state index in [0.717, 1.165) is 16.6 Å². The standard InChI is InChI=1S/C10H12BrNO2/c1-3-8-5-7(11)6-9(12-8)10(13)14-4-2/h5-6H,3-4H2,1-2H3. The van der Waals surface area contributed by atoms with Crippen LogP contribution < -0.4 is 0 Å². The molecule has 0 aliphatic rings. The van der Waals surface area contributed by atoms with Crippen molar-refractivity contribution in [1.29, 1.82) is 0 Å². The van der Waals surface area contributed by atoms with E-state index in [0.29, 0.717) is 12.3 Å². The Balaban J connectivity index is 2.96. The van der Waals surface area contributed by atoms with Gasteiger partial charge < -0.3 is 4.74 Å². The highest BCUT2D eigenvalue weighted by Crippen LogP contribution is 2.13. The van der Waals surface area contributed by atoms with Crippen molar-refractivity contribution in [1.82, 2.24) is 4.98 Å². The van der Waals surface area contributed by atoms with Crippen LogP contribution >= 0.6 is 15.9 Å². The number of carbonyl (C=O) groups is 1. The molecule has 1 rings (SSSR count). The zero-order chi connectivity index (χ0) is 10.6. The summed E-state index contributed by atoms with van der Waals surface area (Å²) in [6, 6.07) is 3.56. The van der Waals surface area contributed by atoms with Gasteiger partial charge >= 0.3 is 5.97 Å². The van der Waals surface area contributed by atoms with Gasteiger partial charge in [-0.1, -0.05) is 22.9 Å². The highest BCUT2D eigenvalue weighted by atomic mass is 79.9. The van der Waals surface area contributed by atoms with E-state index in [1.165, 1.54) is 0 Å². The minimum atomic E-state index is -0.372. The molecule has 3 nitrogen and oxygen atoms in total. The molecule has 0 N–H and O–H groups in total. The lowest BCUT2D eigenvalue weighted by Gasteiger charge is -2.03. The van der Waals surface area contributed by atoms with Gasteiger partial charge in [0.2, 0.25) is 0 Å². The highest BCUT2D eigenvalue weighted by Gasteiger charge is 2.09. The molecule has 0 aliphatic heterocycles. The van der Waals surface area contributed by atoms with Crippen molar-refractivity contribution in [2.45, 2.75) is 20.3 Å². The van der Waals surface area contributed by atoms with Crippen LogP contribution in [0.25, 0.3) is 0 Å². The topological polar surface area (TPSA) is 39.2 Å². The average Bonchev–Trinajstić information content (AvgIpc) is 2.17. The Labute approximate surface area is 91.6 Å². The molecule has 0 atom stereocenters. The number of pyridine rings is 1. The summed E-state index contributed by atoms with van der Waals surface area (Å²) in [6.07, 6.45) is 0.797. The molecule has 0 aromatic carbocycles. The smallest absolute Gasteiger partial charge is 0.356 e. The molecule has 4 heteroatoms. The predicted octanol–water partition coefficient (Wildman–Crippen LogP) is 2.58. The van der Waals surface area contributed by atoms with Crippen LogP contribution in [0.5, 0.6) is 0 Å². The van der Waals surface area contributed by atoms with Gasteiger partial charge in [0.05, 0.1) is 6.61 Å². The van der Waals surface area contributed by atoms with Gasteiger partial charge in [-0.25, -0.2) is 9.78 Å². The SMILES string of the molecule is CCOC(=O)c1cc(Br)cc(CC)n1. The molecular weight excluding hydrogens is 246 g/mol. The third-order valence-corrected chi connectivity index (χ3v) is 2.15. The van der Waals surface area contributed by atoms with Gasteiger partial charge in [0.25, 0.3) is 0 Å². The number of ether oxygens (including phenoxy) is 1. The summed E-state index contributed by atoms with van der Waals surface area (Å²) in [4.78, 5) is 15.5. The Morgan fingerprint density at radius 2 is 2.21 bits per heavy atom. The van der Waals surface area contributed by atoms with Gasteiger partial charge in [-0.3, -0.25) is 0 Å². The monoisotopic (exact) mass is 257 g/mol. The fourth-order valence-corrected chi connectivity index (χ4v) is 1.52. The van der Waals surface area contributed by atoms with Gasteiger partial charge in [-0.2, -0.15) is 0 Å². The second kappa shape index (κ2) is 5.10. The van der Waals surface area contributed by atoms with Crippen molar-refractivity contribution in [3.05, 3.63) is 28.0 Å². The maximum Gasteiger partial charge on any atom is 0.356 e. The Hall–Kier alpha value is -0.900. The molecule has 1 aromatic rings. The second-order valence-corrected chi connectivity index (χ2v) is 3.65. The lowest BCUT2D eigenvalue weighted by molar-refractivity contribution is 0.0519. The first-order valence-electron chi connectivity index (χ1n) is 4.51. The molecule has 0 aliphatic carbocycles. The molecular formula is C10H12BrNO2. The quantitative estimate of drug-likeness (QED) is 0.782. The predicted molar refractivity (Wildman–Crippen MR) is 57.3 cm³/mol. The van der Waals surface area contributed by atoms with Gasteiger partial charge in [-0.15, -0.1) is 0 Å². The summed E-state index contributed by atoms with van der Waals surface area (Å²) < 4.78 is 5.71. The molecule has 76 valence electrons. The minimum Gasteiger partial charge on any atom is -0.461 e. The number of halogens is 1. The van der Waals surface area contributed by atoms with E-state index in [9.17, 15) is 4.79 Å². The Kier molecular flexibility index (Phi) is 4.07. The molecule has 0 bridgehead atoms. The van der Waals surface area contributed by atoms with E-state index < -0.39 is 0 Å². The summed E-state index contributed by atoms with van der Waals surface area (Å²) in [7, 11) is 0. The van der Waals surface area contributed by atoms with Gasteiger partial charge in [-0.05, 0) is 25.5 Å². The Bertz CT molecular complexity index is 339. The first-order valence-corrected chi connectivity index (χ1v) is 5.30. The van der Waals surface area contributed by atoms with Crippen molar-refractivity contribution in [3.63, 3.8) is 0 Å². The van der Waals surface area contributed by atoms with Crippen molar-refractivity contribution in [2.75, 3.05) is 6.61 Å². The molecule has 1 heterocycles. The molecule has 0 saturated carbocycles. The van der Waals surface area contributed by atoms with E-state index in [2.05, 4.69) is 20.9 Å². The van der Waals surface area contributed by atoms with Crippen LogP contribution in [0.2, 0.25) is 0 Å². The number of aryl methyl sites for hydroxylation is 1.